The Morgan fingerprint density at radius 2 is 1.97 bits per heavy atom. The number of aromatic nitrogens is 2. The van der Waals surface area contributed by atoms with Gasteiger partial charge in [0.05, 0.1) is 35.3 Å². The van der Waals surface area contributed by atoms with E-state index in [1.165, 1.54) is 23.7 Å². The summed E-state index contributed by atoms with van der Waals surface area (Å²) in [5, 5.41) is 47.3. The van der Waals surface area contributed by atoms with Gasteiger partial charge in [0.2, 0.25) is 0 Å². The monoisotopic (exact) mass is 555 g/mol. The van der Waals surface area contributed by atoms with Gasteiger partial charge >= 0.3 is 11.7 Å². The normalized spacial score (nSPS) is 15.0. The van der Waals surface area contributed by atoms with E-state index in [4.69, 9.17) is 41.2 Å². The van der Waals surface area contributed by atoms with Gasteiger partial charge in [0.1, 0.15) is 36.5 Å². The van der Waals surface area contributed by atoms with Gasteiger partial charge in [0, 0.05) is 18.8 Å². The van der Waals surface area contributed by atoms with E-state index in [1.54, 1.807) is 6.20 Å². The molecule has 0 saturated heterocycles. The number of carboxylic acid groups (broad SMARTS) is 1. The standard InChI is InChI=1S/C17H15ClN2O5.C7H15NO5/c1-10(12-4-2-3-6-19-12)24-14-9-15-13(8-11(14)18)20(17(23)25-15)7-5-16(21)22;1-8-4(2-9)6(12)7(13)5(11)3-10/h2-4,6,8-10H,5,7H2,1H3,(H,21,22);2,4-8,10-13H,3H2,1H3/t10-;4-,5+,6+,7+/m10/s1. The van der Waals surface area contributed by atoms with Gasteiger partial charge in [-0.05, 0) is 32.2 Å². The van der Waals surface area contributed by atoms with Crippen molar-refractivity contribution in [2.24, 2.45) is 0 Å². The van der Waals surface area contributed by atoms with Crippen LogP contribution in [0.3, 0.4) is 0 Å². The van der Waals surface area contributed by atoms with Crippen LogP contribution in [0.5, 0.6) is 5.75 Å². The lowest BCUT2D eigenvalue weighted by molar-refractivity contribution is -0.137. The zero-order valence-corrected chi connectivity index (χ0v) is 21.4. The molecule has 0 aliphatic rings. The number of pyridine rings is 1. The Kier molecular flexibility index (Phi) is 11.8. The number of hydrogen-bond donors (Lipinski definition) is 6. The second-order valence-corrected chi connectivity index (χ2v) is 8.52. The maximum Gasteiger partial charge on any atom is 0.419 e. The van der Waals surface area contributed by atoms with Gasteiger partial charge in [-0.2, -0.15) is 0 Å². The molecule has 0 aliphatic carbocycles. The number of oxazole rings is 1. The number of aliphatic hydroxyl groups excluding tert-OH is 4. The van der Waals surface area contributed by atoms with Crippen LogP contribution in [0.15, 0.2) is 45.7 Å². The zero-order valence-electron chi connectivity index (χ0n) is 20.6. The number of carbonyl (C=O) groups is 2. The molecule has 0 amide bonds. The molecule has 2 heterocycles. The van der Waals surface area contributed by atoms with Crippen molar-refractivity contribution >= 4 is 35.0 Å². The van der Waals surface area contributed by atoms with Gasteiger partial charge in [-0.3, -0.25) is 14.3 Å². The van der Waals surface area contributed by atoms with E-state index in [2.05, 4.69) is 10.3 Å². The molecule has 0 fully saturated rings. The van der Waals surface area contributed by atoms with Crippen molar-refractivity contribution in [1.82, 2.24) is 14.9 Å². The summed E-state index contributed by atoms with van der Waals surface area (Å²) >= 11 is 6.26. The van der Waals surface area contributed by atoms with Crippen molar-refractivity contribution < 1.29 is 44.3 Å². The molecule has 3 aromatic rings. The van der Waals surface area contributed by atoms with Crippen LogP contribution < -0.4 is 15.8 Å². The molecule has 13 nitrogen and oxygen atoms in total. The van der Waals surface area contributed by atoms with Gasteiger partial charge in [-0.25, -0.2) is 4.79 Å². The number of aliphatic carboxylic acids is 1. The minimum atomic E-state index is -1.55. The van der Waals surface area contributed by atoms with E-state index in [1.807, 2.05) is 25.1 Å². The fourth-order valence-electron chi connectivity index (χ4n) is 3.31. The number of rotatable bonds is 12. The second-order valence-electron chi connectivity index (χ2n) is 8.11. The molecule has 0 bridgehead atoms. The Hall–Kier alpha value is -3.33. The number of aryl methyl sites for hydroxylation is 1. The maximum absolute atomic E-state index is 11.9. The molecule has 14 heteroatoms. The highest BCUT2D eigenvalue weighted by atomic mass is 35.5. The minimum absolute atomic E-state index is 0.00202. The third-order valence-electron chi connectivity index (χ3n) is 5.46. The maximum atomic E-state index is 11.9. The van der Waals surface area contributed by atoms with Crippen molar-refractivity contribution in [1.29, 1.82) is 0 Å². The highest BCUT2D eigenvalue weighted by Crippen LogP contribution is 2.32. The number of ether oxygens (including phenoxy) is 1. The van der Waals surface area contributed by atoms with Crippen LogP contribution >= 0.6 is 11.6 Å². The van der Waals surface area contributed by atoms with E-state index < -0.39 is 42.7 Å². The number of fused-ring (bicyclic) bond motifs is 1. The molecular weight excluding hydrogens is 526 g/mol. The Bertz CT molecular complexity index is 1250. The van der Waals surface area contributed by atoms with E-state index in [-0.39, 0.29) is 24.7 Å². The van der Waals surface area contributed by atoms with Gasteiger partial charge in [0.25, 0.3) is 0 Å². The highest BCUT2D eigenvalue weighted by molar-refractivity contribution is 6.32. The molecule has 0 spiro atoms. The number of aldehydes is 1. The highest BCUT2D eigenvalue weighted by Gasteiger charge is 2.29. The first-order valence-electron chi connectivity index (χ1n) is 11.4. The molecule has 0 radical (unpaired) electrons. The summed E-state index contributed by atoms with van der Waals surface area (Å²) in [5.74, 6) is -1.29. The third-order valence-corrected chi connectivity index (χ3v) is 5.75. The fourth-order valence-corrected chi connectivity index (χ4v) is 3.51. The third kappa shape index (κ3) is 8.08. The average molecular weight is 556 g/mol. The summed E-state index contributed by atoms with van der Waals surface area (Å²) in [4.78, 5) is 37.2. The summed E-state index contributed by atoms with van der Waals surface area (Å²) in [7, 11) is 1.43. The first-order valence-corrected chi connectivity index (χ1v) is 11.8. The van der Waals surface area contributed by atoms with Crippen molar-refractivity contribution in [2.75, 3.05) is 13.7 Å². The van der Waals surface area contributed by atoms with Crippen LogP contribution in [-0.2, 0) is 16.1 Å². The van der Waals surface area contributed by atoms with Gasteiger partial charge in [0.15, 0.2) is 5.58 Å². The summed E-state index contributed by atoms with van der Waals surface area (Å²) in [5.41, 5.74) is 1.44. The predicted molar refractivity (Wildman–Crippen MR) is 135 cm³/mol. The van der Waals surface area contributed by atoms with E-state index in [0.29, 0.717) is 22.6 Å². The smallest absolute Gasteiger partial charge is 0.419 e. The number of carboxylic acids is 1. The Morgan fingerprint density at radius 3 is 2.53 bits per heavy atom. The molecule has 38 heavy (non-hydrogen) atoms. The Labute approximate surface area is 221 Å². The number of halogens is 1. The number of nitrogens with zero attached hydrogens (tertiary/aromatic N) is 2. The Morgan fingerprint density at radius 1 is 1.26 bits per heavy atom. The second kappa shape index (κ2) is 14.6. The number of nitrogens with one attached hydrogen (secondary N) is 1. The topological polar surface area (TPSA) is 205 Å². The lowest BCUT2D eigenvalue weighted by Crippen LogP contribution is -2.51. The number of aliphatic hydroxyl groups is 4. The molecule has 0 saturated carbocycles. The predicted octanol–water partition coefficient (Wildman–Crippen LogP) is 0.106. The lowest BCUT2D eigenvalue weighted by atomic mass is 10.0. The minimum Gasteiger partial charge on any atom is -0.483 e. The number of hydrogen-bond acceptors (Lipinski definition) is 11. The Balaban J connectivity index is 0.000000332. The summed E-state index contributed by atoms with van der Waals surface area (Å²) in [6.07, 6.45) is -2.90. The first kappa shape index (κ1) is 30.9. The van der Waals surface area contributed by atoms with Crippen LogP contribution in [0, 0.1) is 0 Å². The largest absolute Gasteiger partial charge is 0.483 e. The number of carbonyl (C=O) groups excluding carboxylic acids is 1. The summed E-state index contributed by atoms with van der Waals surface area (Å²) < 4.78 is 12.2. The van der Waals surface area contributed by atoms with Gasteiger partial charge in [-0.15, -0.1) is 0 Å². The van der Waals surface area contributed by atoms with Crippen molar-refractivity contribution in [3.05, 3.63) is 57.8 Å². The fraction of sp³-hybridized carbons (Fsp3) is 0.417. The quantitative estimate of drug-likeness (QED) is 0.165. The van der Waals surface area contributed by atoms with Crippen molar-refractivity contribution in [3.8, 4) is 5.75 Å². The molecule has 6 N–H and O–H groups in total. The number of benzene rings is 1. The molecule has 5 atom stereocenters. The molecule has 208 valence electrons. The van der Waals surface area contributed by atoms with Gasteiger partial charge < -0.3 is 44.8 Å². The molecular formula is C24H30ClN3O10. The zero-order chi connectivity index (χ0) is 28.4. The van der Waals surface area contributed by atoms with Crippen LogP contribution in [0.2, 0.25) is 5.02 Å². The first-order chi connectivity index (χ1) is 18.0. The summed E-state index contributed by atoms with van der Waals surface area (Å²) in [6, 6.07) is 7.59. The summed E-state index contributed by atoms with van der Waals surface area (Å²) in [6.45, 7) is 1.16. The van der Waals surface area contributed by atoms with E-state index >= 15 is 0 Å². The molecule has 2 aromatic heterocycles. The molecule has 3 rings (SSSR count). The molecule has 0 aliphatic heterocycles. The molecule has 1 aromatic carbocycles. The van der Waals surface area contributed by atoms with Crippen LogP contribution in [0.4, 0.5) is 0 Å². The lowest BCUT2D eigenvalue weighted by Gasteiger charge is -2.25. The molecule has 0 unspecified atom stereocenters. The average Bonchev–Trinajstić information content (AvgIpc) is 3.21. The number of likely N-dealkylation sites (N-methyl/N-ethyl adjacent to an activating group) is 1. The van der Waals surface area contributed by atoms with Gasteiger partial charge in [-0.1, -0.05) is 17.7 Å². The van der Waals surface area contributed by atoms with Crippen molar-refractivity contribution in [3.63, 3.8) is 0 Å². The van der Waals surface area contributed by atoms with Crippen LogP contribution in [0.1, 0.15) is 25.1 Å². The van der Waals surface area contributed by atoms with Crippen LogP contribution in [-0.4, -0.2) is 85.3 Å². The van der Waals surface area contributed by atoms with Crippen molar-refractivity contribution in [2.45, 2.75) is 50.3 Å². The SMILES string of the molecule is CN[C@@H](C=O)[C@@H](O)[C@H](O)[C@H](O)CO.C[C@@H](Oc1cc2oc(=O)n(CCC(=O)O)c2cc1Cl)c1ccccn1. The van der Waals surface area contributed by atoms with E-state index in [0.717, 1.165) is 5.69 Å². The van der Waals surface area contributed by atoms with E-state index in [9.17, 15) is 19.5 Å². The van der Waals surface area contributed by atoms with Crippen LogP contribution in [0.25, 0.3) is 11.1 Å².